The van der Waals surface area contributed by atoms with E-state index in [0.717, 1.165) is 12.8 Å². The molecule has 15 heavy (non-hydrogen) atoms. The van der Waals surface area contributed by atoms with Gasteiger partial charge in [0.2, 0.25) is 0 Å². The second-order valence-electron chi connectivity index (χ2n) is 4.19. The van der Waals surface area contributed by atoms with Crippen LogP contribution in [0.4, 0.5) is 0 Å². The Morgan fingerprint density at radius 3 is 2.93 bits per heavy atom. The third kappa shape index (κ3) is 2.40. The van der Waals surface area contributed by atoms with E-state index >= 15 is 0 Å². The quantitative estimate of drug-likeness (QED) is 0.718. The number of methoxy groups -OCH3 is 1. The van der Waals surface area contributed by atoms with Crippen molar-refractivity contribution in [2.24, 2.45) is 0 Å². The Kier molecular flexibility index (Phi) is 3.10. The molecule has 0 amide bonds. The molecule has 1 aromatic heterocycles. The molecular formula is C12H16O2S. The molecular weight excluding hydrogens is 208 g/mol. The van der Waals surface area contributed by atoms with Gasteiger partial charge < -0.3 is 4.74 Å². The number of ether oxygens (including phenoxy) is 1. The molecule has 0 bridgehead atoms. The Morgan fingerprint density at radius 2 is 2.40 bits per heavy atom. The van der Waals surface area contributed by atoms with Gasteiger partial charge >= 0.3 is 5.97 Å². The maximum Gasteiger partial charge on any atom is 0.305 e. The zero-order valence-electron chi connectivity index (χ0n) is 8.99. The first-order valence-corrected chi connectivity index (χ1v) is 6.26. The van der Waals surface area contributed by atoms with Crippen molar-refractivity contribution in [3.05, 3.63) is 22.4 Å². The van der Waals surface area contributed by atoms with E-state index < -0.39 is 0 Å². The summed E-state index contributed by atoms with van der Waals surface area (Å²) in [6.45, 7) is 0. The van der Waals surface area contributed by atoms with Gasteiger partial charge in [-0.2, -0.15) is 0 Å². The van der Waals surface area contributed by atoms with Gasteiger partial charge in [0.1, 0.15) is 0 Å². The fourth-order valence-electron chi connectivity index (χ4n) is 2.02. The molecule has 2 nitrogen and oxygen atoms in total. The number of rotatable bonds is 5. The molecule has 0 atom stereocenters. The van der Waals surface area contributed by atoms with Crippen molar-refractivity contribution >= 4 is 17.3 Å². The van der Waals surface area contributed by atoms with Gasteiger partial charge in [-0.25, -0.2) is 0 Å². The van der Waals surface area contributed by atoms with Crippen molar-refractivity contribution in [1.82, 2.24) is 0 Å². The first-order chi connectivity index (χ1) is 7.27. The molecule has 1 heterocycles. The van der Waals surface area contributed by atoms with Gasteiger partial charge in [0.05, 0.1) is 7.11 Å². The van der Waals surface area contributed by atoms with Gasteiger partial charge in [0.25, 0.3) is 0 Å². The Balaban J connectivity index is 1.82. The van der Waals surface area contributed by atoms with Crippen LogP contribution in [0.25, 0.3) is 0 Å². The lowest BCUT2D eigenvalue weighted by Crippen LogP contribution is -2.06. The van der Waals surface area contributed by atoms with Crippen molar-refractivity contribution in [1.29, 1.82) is 0 Å². The lowest BCUT2D eigenvalue weighted by atomic mass is 9.97. The molecule has 1 saturated carbocycles. The summed E-state index contributed by atoms with van der Waals surface area (Å²) in [7, 11) is 1.45. The Morgan fingerprint density at radius 1 is 1.60 bits per heavy atom. The fraction of sp³-hybridized carbons (Fsp3) is 0.583. The van der Waals surface area contributed by atoms with Crippen LogP contribution in [0.1, 0.15) is 37.0 Å². The van der Waals surface area contributed by atoms with E-state index in [0.29, 0.717) is 11.8 Å². The van der Waals surface area contributed by atoms with Crippen molar-refractivity contribution in [3.63, 3.8) is 0 Å². The average Bonchev–Trinajstić information content (AvgIpc) is 2.82. The molecule has 1 aliphatic carbocycles. The highest BCUT2D eigenvalue weighted by atomic mass is 32.1. The van der Waals surface area contributed by atoms with Crippen LogP contribution in [-0.4, -0.2) is 13.1 Å². The fourth-order valence-corrected chi connectivity index (χ4v) is 3.04. The lowest BCUT2D eigenvalue weighted by molar-refractivity contribution is -0.140. The minimum atomic E-state index is -0.0861. The molecule has 0 aliphatic heterocycles. The summed E-state index contributed by atoms with van der Waals surface area (Å²) in [5, 5.41) is 2.13. The van der Waals surface area contributed by atoms with E-state index in [1.165, 1.54) is 24.8 Å². The van der Waals surface area contributed by atoms with Crippen molar-refractivity contribution in [2.75, 3.05) is 7.11 Å². The minimum Gasteiger partial charge on any atom is -0.469 e. The van der Waals surface area contributed by atoms with Crippen LogP contribution in [0.5, 0.6) is 0 Å². The second kappa shape index (κ2) is 4.35. The molecule has 0 spiro atoms. The van der Waals surface area contributed by atoms with Crippen LogP contribution in [-0.2, 0) is 14.9 Å². The van der Waals surface area contributed by atoms with Crippen molar-refractivity contribution in [2.45, 2.75) is 37.5 Å². The summed E-state index contributed by atoms with van der Waals surface area (Å²) < 4.78 is 4.64. The summed E-state index contributed by atoms with van der Waals surface area (Å²) in [4.78, 5) is 12.5. The van der Waals surface area contributed by atoms with Gasteiger partial charge in [-0.1, -0.05) is 6.07 Å². The maximum atomic E-state index is 11.0. The molecule has 0 unspecified atom stereocenters. The van der Waals surface area contributed by atoms with Gasteiger partial charge in [0.15, 0.2) is 0 Å². The molecule has 0 radical (unpaired) electrons. The predicted octanol–water partition coefficient (Wildman–Crippen LogP) is 3.12. The maximum absolute atomic E-state index is 11.0. The van der Waals surface area contributed by atoms with Gasteiger partial charge in [-0.05, 0) is 37.1 Å². The van der Waals surface area contributed by atoms with Gasteiger partial charge in [-0.15, -0.1) is 11.3 Å². The minimum absolute atomic E-state index is 0.0861. The van der Waals surface area contributed by atoms with E-state index in [1.807, 2.05) is 11.3 Å². The number of thiophene rings is 1. The summed E-state index contributed by atoms with van der Waals surface area (Å²) >= 11 is 1.84. The normalized spacial score (nSPS) is 17.4. The molecule has 2 rings (SSSR count). The predicted molar refractivity (Wildman–Crippen MR) is 61.1 cm³/mol. The smallest absolute Gasteiger partial charge is 0.305 e. The molecule has 0 N–H and O–H groups in total. The highest BCUT2D eigenvalue weighted by Gasteiger charge is 2.44. The Labute approximate surface area is 94.3 Å². The summed E-state index contributed by atoms with van der Waals surface area (Å²) in [6.07, 6.45) is 5.21. The first kappa shape index (κ1) is 10.7. The van der Waals surface area contributed by atoms with Crippen LogP contribution in [0.2, 0.25) is 0 Å². The topological polar surface area (TPSA) is 26.3 Å². The van der Waals surface area contributed by atoms with E-state index in [2.05, 4.69) is 22.2 Å². The van der Waals surface area contributed by atoms with Crippen LogP contribution in [0, 0.1) is 0 Å². The molecule has 1 fully saturated rings. The third-order valence-electron chi connectivity index (χ3n) is 3.16. The zero-order chi connectivity index (χ0) is 10.7. The van der Waals surface area contributed by atoms with E-state index in [-0.39, 0.29) is 5.97 Å². The van der Waals surface area contributed by atoms with Crippen molar-refractivity contribution in [3.8, 4) is 0 Å². The zero-order valence-corrected chi connectivity index (χ0v) is 9.81. The van der Waals surface area contributed by atoms with Gasteiger partial charge in [0, 0.05) is 16.7 Å². The van der Waals surface area contributed by atoms with E-state index in [1.54, 1.807) is 0 Å². The summed E-state index contributed by atoms with van der Waals surface area (Å²) in [5.74, 6) is -0.0861. The number of carbonyl (C=O) groups is 1. The van der Waals surface area contributed by atoms with Crippen LogP contribution in [0.15, 0.2) is 17.5 Å². The number of carbonyl (C=O) groups excluding carboxylic acids is 1. The average molecular weight is 224 g/mol. The van der Waals surface area contributed by atoms with Crippen LogP contribution < -0.4 is 0 Å². The highest BCUT2D eigenvalue weighted by Crippen LogP contribution is 2.53. The standard InChI is InChI=1S/C12H16O2S/c1-14-11(13)5-2-6-12(7-8-12)10-4-3-9-15-10/h3-4,9H,2,5-8H2,1H3. The van der Waals surface area contributed by atoms with Crippen LogP contribution >= 0.6 is 11.3 Å². The van der Waals surface area contributed by atoms with E-state index in [4.69, 9.17) is 0 Å². The largest absolute Gasteiger partial charge is 0.469 e. The number of hydrogen-bond acceptors (Lipinski definition) is 3. The Bertz CT molecular complexity index is 325. The Hall–Kier alpha value is -0.830. The second-order valence-corrected chi connectivity index (χ2v) is 5.14. The SMILES string of the molecule is COC(=O)CCCC1(c2cccs2)CC1. The molecule has 0 aromatic carbocycles. The monoisotopic (exact) mass is 224 g/mol. The molecule has 0 saturated heterocycles. The highest BCUT2D eigenvalue weighted by molar-refractivity contribution is 7.10. The molecule has 3 heteroatoms. The van der Waals surface area contributed by atoms with Crippen LogP contribution in [0.3, 0.4) is 0 Å². The molecule has 1 aromatic rings. The van der Waals surface area contributed by atoms with Crippen molar-refractivity contribution < 1.29 is 9.53 Å². The third-order valence-corrected chi connectivity index (χ3v) is 4.28. The number of esters is 1. The van der Waals surface area contributed by atoms with E-state index in [9.17, 15) is 4.79 Å². The lowest BCUT2D eigenvalue weighted by Gasteiger charge is -2.12. The molecule has 1 aliphatic rings. The number of hydrogen-bond donors (Lipinski definition) is 0. The molecule has 82 valence electrons. The van der Waals surface area contributed by atoms with Gasteiger partial charge in [-0.3, -0.25) is 4.79 Å². The first-order valence-electron chi connectivity index (χ1n) is 5.38. The summed E-state index contributed by atoms with van der Waals surface area (Å²) in [6, 6.07) is 4.33. The summed E-state index contributed by atoms with van der Waals surface area (Å²) in [5.41, 5.74) is 0.419.